The summed E-state index contributed by atoms with van der Waals surface area (Å²) in [5.74, 6) is -0.561. The van der Waals surface area contributed by atoms with E-state index in [1.807, 2.05) is 19.1 Å². The molecule has 0 aromatic heterocycles. The van der Waals surface area contributed by atoms with E-state index in [2.05, 4.69) is 15.9 Å². The predicted molar refractivity (Wildman–Crippen MR) is 78.3 cm³/mol. The van der Waals surface area contributed by atoms with Crippen LogP contribution in [0.4, 0.5) is 4.39 Å². The van der Waals surface area contributed by atoms with E-state index in [1.54, 1.807) is 6.07 Å². The van der Waals surface area contributed by atoms with Crippen LogP contribution in [0, 0.1) is 12.7 Å². The first kappa shape index (κ1) is 14.2. The number of benzene rings is 2. The summed E-state index contributed by atoms with van der Waals surface area (Å²) < 4.78 is 14.3. The summed E-state index contributed by atoms with van der Waals surface area (Å²) in [7, 11) is 0. The van der Waals surface area contributed by atoms with E-state index in [0.29, 0.717) is 16.1 Å². The van der Waals surface area contributed by atoms with Crippen LogP contribution in [-0.2, 0) is 6.42 Å². The van der Waals surface area contributed by atoms with E-state index in [4.69, 9.17) is 11.6 Å². The first-order valence-electron chi connectivity index (χ1n) is 5.70. The van der Waals surface area contributed by atoms with Gasteiger partial charge in [0.15, 0.2) is 5.78 Å². The molecule has 0 bridgehead atoms. The van der Waals surface area contributed by atoms with Crippen LogP contribution < -0.4 is 0 Å². The maximum Gasteiger partial charge on any atom is 0.168 e. The molecule has 0 saturated carbocycles. The molecule has 0 spiro atoms. The molecule has 0 heterocycles. The number of rotatable bonds is 3. The van der Waals surface area contributed by atoms with Gasteiger partial charge in [-0.15, -0.1) is 0 Å². The molecule has 0 saturated heterocycles. The highest BCUT2D eigenvalue weighted by molar-refractivity contribution is 9.10. The molecule has 98 valence electrons. The fraction of sp³-hybridized carbons (Fsp3) is 0.133. The van der Waals surface area contributed by atoms with Gasteiger partial charge < -0.3 is 0 Å². The fourth-order valence-corrected chi connectivity index (χ4v) is 2.70. The smallest absolute Gasteiger partial charge is 0.168 e. The minimum absolute atomic E-state index is 0.00590. The molecule has 0 unspecified atom stereocenters. The van der Waals surface area contributed by atoms with Gasteiger partial charge in [0.1, 0.15) is 5.82 Å². The second-order valence-corrected chi connectivity index (χ2v) is 5.61. The van der Waals surface area contributed by atoms with Crippen molar-refractivity contribution in [3.63, 3.8) is 0 Å². The van der Waals surface area contributed by atoms with Gasteiger partial charge in [0.2, 0.25) is 0 Å². The quantitative estimate of drug-likeness (QED) is 0.720. The zero-order valence-electron chi connectivity index (χ0n) is 10.2. The third-order valence-electron chi connectivity index (χ3n) is 2.78. The molecular formula is C15H11BrClFO. The molecule has 2 rings (SSSR count). The number of carbonyl (C=O) groups excluding carboxylic acids is 1. The number of halogens is 3. The number of aryl methyl sites for hydroxylation is 1. The first-order chi connectivity index (χ1) is 8.97. The molecule has 0 radical (unpaired) electrons. The van der Waals surface area contributed by atoms with Crippen LogP contribution in [0.3, 0.4) is 0 Å². The van der Waals surface area contributed by atoms with Crippen molar-refractivity contribution in [1.29, 1.82) is 0 Å². The summed E-state index contributed by atoms with van der Waals surface area (Å²) >= 11 is 9.16. The summed E-state index contributed by atoms with van der Waals surface area (Å²) in [6.07, 6.45) is -0.00590. The molecule has 19 heavy (non-hydrogen) atoms. The molecule has 0 aliphatic rings. The normalized spacial score (nSPS) is 10.5. The topological polar surface area (TPSA) is 17.1 Å². The second kappa shape index (κ2) is 5.85. The standard InChI is InChI=1S/C15H11BrClFO/c1-9-2-4-12(13(16)6-9)15(19)8-10-7-11(17)3-5-14(10)18/h2-7H,8H2,1H3. The van der Waals surface area contributed by atoms with Crippen molar-refractivity contribution < 1.29 is 9.18 Å². The second-order valence-electron chi connectivity index (χ2n) is 4.32. The monoisotopic (exact) mass is 340 g/mol. The average molecular weight is 342 g/mol. The molecule has 4 heteroatoms. The lowest BCUT2D eigenvalue weighted by atomic mass is 10.0. The average Bonchev–Trinajstić information content (AvgIpc) is 2.33. The van der Waals surface area contributed by atoms with E-state index in [1.165, 1.54) is 18.2 Å². The van der Waals surface area contributed by atoms with Crippen molar-refractivity contribution in [1.82, 2.24) is 0 Å². The van der Waals surface area contributed by atoms with Crippen LogP contribution in [0.5, 0.6) is 0 Å². The first-order valence-corrected chi connectivity index (χ1v) is 6.88. The van der Waals surface area contributed by atoms with Crippen LogP contribution in [0.1, 0.15) is 21.5 Å². The Morgan fingerprint density at radius 2 is 2.00 bits per heavy atom. The van der Waals surface area contributed by atoms with E-state index < -0.39 is 5.82 Å². The summed E-state index contributed by atoms with van der Waals surface area (Å²) in [5, 5.41) is 0.423. The summed E-state index contributed by atoms with van der Waals surface area (Å²) in [6.45, 7) is 1.94. The fourth-order valence-electron chi connectivity index (χ4n) is 1.79. The molecular weight excluding hydrogens is 331 g/mol. The van der Waals surface area contributed by atoms with Crippen LogP contribution in [0.15, 0.2) is 40.9 Å². The number of hydrogen-bond acceptors (Lipinski definition) is 1. The van der Waals surface area contributed by atoms with Gasteiger partial charge in [-0.2, -0.15) is 0 Å². The summed E-state index contributed by atoms with van der Waals surface area (Å²) in [4.78, 5) is 12.2. The SMILES string of the molecule is Cc1ccc(C(=O)Cc2cc(Cl)ccc2F)c(Br)c1. The van der Waals surface area contributed by atoms with E-state index in [9.17, 15) is 9.18 Å². The Morgan fingerprint density at radius 1 is 1.26 bits per heavy atom. The predicted octanol–water partition coefficient (Wildman–Crippen LogP) is 4.98. The zero-order valence-corrected chi connectivity index (χ0v) is 12.6. The molecule has 0 fully saturated rings. The van der Waals surface area contributed by atoms with Crippen molar-refractivity contribution in [2.24, 2.45) is 0 Å². The number of hydrogen-bond donors (Lipinski definition) is 0. The molecule has 0 aliphatic heterocycles. The molecule has 0 atom stereocenters. The number of ketones is 1. The van der Waals surface area contributed by atoms with Gasteiger partial charge in [0.05, 0.1) is 0 Å². The van der Waals surface area contributed by atoms with Gasteiger partial charge in [-0.05, 0) is 48.4 Å². The molecule has 2 aromatic rings. The van der Waals surface area contributed by atoms with Gasteiger partial charge in [-0.25, -0.2) is 4.39 Å². The van der Waals surface area contributed by atoms with Crippen LogP contribution in [-0.4, -0.2) is 5.78 Å². The van der Waals surface area contributed by atoms with Crippen LogP contribution >= 0.6 is 27.5 Å². The van der Waals surface area contributed by atoms with E-state index >= 15 is 0 Å². The highest BCUT2D eigenvalue weighted by atomic mass is 79.9. The van der Waals surface area contributed by atoms with Gasteiger partial charge in [-0.3, -0.25) is 4.79 Å². The Bertz CT molecular complexity index is 640. The van der Waals surface area contributed by atoms with Gasteiger partial charge >= 0.3 is 0 Å². The molecule has 2 aromatic carbocycles. The highest BCUT2D eigenvalue weighted by Crippen LogP contribution is 2.22. The van der Waals surface area contributed by atoms with Gasteiger partial charge in [0.25, 0.3) is 0 Å². The van der Waals surface area contributed by atoms with E-state index in [-0.39, 0.29) is 12.2 Å². The Kier molecular flexibility index (Phi) is 4.38. The van der Waals surface area contributed by atoms with Gasteiger partial charge in [-0.1, -0.05) is 33.6 Å². The van der Waals surface area contributed by atoms with Crippen molar-refractivity contribution in [3.05, 3.63) is 68.4 Å². The van der Waals surface area contributed by atoms with Gasteiger partial charge in [0, 0.05) is 21.5 Å². The Balaban J connectivity index is 2.28. The largest absolute Gasteiger partial charge is 0.294 e. The lowest BCUT2D eigenvalue weighted by Gasteiger charge is -2.06. The van der Waals surface area contributed by atoms with Crippen molar-refractivity contribution in [3.8, 4) is 0 Å². The van der Waals surface area contributed by atoms with Crippen LogP contribution in [0.2, 0.25) is 5.02 Å². The lowest BCUT2D eigenvalue weighted by Crippen LogP contribution is -2.06. The molecule has 0 amide bonds. The number of Topliss-reactive ketones (excluding diaryl/α,β-unsaturated/α-hetero) is 1. The molecule has 1 nitrogen and oxygen atoms in total. The highest BCUT2D eigenvalue weighted by Gasteiger charge is 2.13. The minimum atomic E-state index is -0.416. The minimum Gasteiger partial charge on any atom is -0.294 e. The van der Waals surface area contributed by atoms with Crippen molar-refractivity contribution in [2.45, 2.75) is 13.3 Å². The summed E-state index contributed by atoms with van der Waals surface area (Å²) in [5.41, 5.74) is 1.91. The maximum absolute atomic E-state index is 13.6. The van der Waals surface area contributed by atoms with E-state index in [0.717, 1.165) is 10.0 Å². The lowest BCUT2D eigenvalue weighted by molar-refractivity contribution is 0.0991. The molecule has 0 aliphatic carbocycles. The summed E-state index contributed by atoms with van der Waals surface area (Å²) in [6, 6.07) is 9.68. The van der Waals surface area contributed by atoms with Crippen molar-refractivity contribution in [2.75, 3.05) is 0 Å². The molecule has 0 N–H and O–H groups in total. The van der Waals surface area contributed by atoms with Crippen LogP contribution in [0.25, 0.3) is 0 Å². The number of carbonyl (C=O) groups is 1. The Labute approximate surface area is 124 Å². The third kappa shape index (κ3) is 3.43. The van der Waals surface area contributed by atoms with Crippen molar-refractivity contribution >= 4 is 33.3 Å². The zero-order chi connectivity index (χ0) is 14.0. The third-order valence-corrected chi connectivity index (χ3v) is 3.67. The maximum atomic E-state index is 13.6. The Morgan fingerprint density at radius 3 is 2.68 bits per heavy atom. The Hall–Kier alpha value is -1.19.